The van der Waals surface area contributed by atoms with Gasteiger partial charge in [0.05, 0.1) is 0 Å². The third kappa shape index (κ3) is 5.71. The summed E-state index contributed by atoms with van der Waals surface area (Å²) in [5, 5.41) is 2.90. The molecule has 1 N–H and O–H groups in total. The lowest BCUT2D eigenvalue weighted by Gasteiger charge is -2.34. The van der Waals surface area contributed by atoms with Crippen LogP contribution in [0.15, 0.2) is 24.3 Å². The van der Waals surface area contributed by atoms with Gasteiger partial charge in [0.25, 0.3) is 5.91 Å². The average Bonchev–Trinajstić information content (AvgIpc) is 2.61. The van der Waals surface area contributed by atoms with E-state index >= 15 is 0 Å². The lowest BCUT2D eigenvalue weighted by molar-refractivity contribution is -0.136. The van der Waals surface area contributed by atoms with E-state index in [1.165, 1.54) is 6.42 Å². The standard InChI is InChI=1S/C21H34N2O3/c1-6-21(4,25-5)20(24)22-18-7-9-19(10-8-18)26-12-11-23-14-16(2)13-17(3)15-23/h7-10,16-17H,6,11-15H2,1-5H3,(H,22,24)/t16-,17+,21-/m0/s1. The number of likely N-dealkylation sites (tertiary alicyclic amines) is 1. The molecule has 0 unspecified atom stereocenters. The number of nitrogens with zero attached hydrogens (tertiary/aromatic N) is 1. The SMILES string of the molecule is CC[C@](C)(OC)C(=O)Nc1ccc(OCCN2C[C@H](C)C[C@H](C)C2)cc1. The van der Waals surface area contributed by atoms with Crippen LogP contribution in [0.4, 0.5) is 5.69 Å². The minimum Gasteiger partial charge on any atom is -0.492 e. The van der Waals surface area contributed by atoms with Crippen LogP contribution in [-0.4, -0.2) is 49.8 Å². The van der Waals surface area contributed by atoms with Gasteiger partial charge in [-0.25, -0.2) is 0 Å². The highest BCUT2D eigenvalue weighted by Gasteiger charge is 2.30. The maximum absolute atomic E-state index is 12.3. The van der Waals surface area contributed by atoms with Crippen LogP contribution < -0.4 is 10.1 Å². The van der Waals surface area contributed by atoms with Crippen LogP contribution in [0.5, 0.6) is 5.75 Å². The van der Waals surface area contributed by atoms with Gasteiger partial charge in [-0.15, -0.1) is 0 Å². The molecule has 0 bridgehead atoms. The number of rotatable bonds is 8. The van der Waals surface area contributed by atoms with Crippen molar-refractivity contribution in [2.45, 2.75) is 46.1 Å². The highest BCUT2D eigenvalue weighted by atomic mass is 16.5. The van der Waals surface area contributed by atoms with Crippen molar-refractivity contribution in [3.63, 3.8) is 0 Å². The Morgan fingerprint density at radius 2 is 1.85 bits per heavy atom. The Labute approximate surface area is 158 Å². The monoisotopic (exact) mass is 362 g/mol. The van der Waals surface area contributed by atoms with E-state index in [4.69, 9.17) is 9.47 Å². The number of hydrogen-bond donors (Lipinski definition) is 1. The van der Waals surface area contributed by atoms with Crippen molar-refractivity contribution >= 4 is 11.6 Å². The van der Waals surface area contributed by atoms with E-state index in [-0.39, 0.29) is 5.91 Å². The fourth-order valence-electron chi connectivity index (χ4n) is 3.56. The number of hydrogen-bond acceptors (Lipinski definition) is 4. The summed E-state index contributed by atoms with van der Waals surface area (Å²) < 4.78 is 11.2. The van der Waals surface area contributed by atoms with E-state index < -0.39 is 5.60 Å². The number of benzene rings is 1. The van der Waals surface area contributed by atoms with Gasteiger partial charge < -0.3 is 14.8 Å². The number of piperidine rings is 1. The summed E-state index contributed by atoms with van der Waals surface area (Å²) in [5.74, 6) is 2.22. The van der Waals surface area contributed by atoms with Crippen molar-refractivity contribution in [1.29, 1.82) is 0 Å². The third-order valence-corrected chi connectivity index (χ3v) is 5.34. The van der Waals surface area contributed by atoms with E-state index in [1.54, 1.807) is 14.0 Å². The molecule has 3 atom stereocenters. The maximum atomic E-state index is 12.3. The number of methoxy groups -OCH3 is 1. The van der Waals surface area contributed by atoms with Crippen LogP contribution in [0.3, 0.4) is 0 Å². The van der Waals surface area contributed by atoms with Gasteiger partial charge in [-0.3, -0.25) is 9.69 Å². The van der Waals surface area contributed by atoms with E-state index in [0.29, 0.717) is 13.0 Å². The molecule has 1 aromatic carbocycles. The molecule has 1 amide bonds. The van der Waals surface area contributed by atoms with Gasteiger partial charge in [0.2, 0.25) is 0 Å². The molecule has 1 aliphatic heterocycles. The lowest BCUT2D eigenvalue weighted by Crippen LogP contribution is -2.41. The molecular formula is C21H34N2O3. The first-order valence-electron chi connectivity index (χ1n) is 9.68. The van der Waals surface area contributed by atoms with Gasteiger partial charge >= 0.3 is 0 Å². The van der Waals surface area contributed by atoms with E-state index in [9.17, 15) is 4.79 Å². The molecule has 5 nitrogen and oxygen atoms in total. The number of ether oxygens (including phenoxy) is 2. The summed E-state index contributed by atoms with van der Waals surface area (Å²) in [6.07, 6.45) is 1.94. The van der Waals surface area contributed by atoms with E-state index in [2.05, 4.69) is 24.1 Å². The second-order valence-corrected chi connectivity index (χ2v) is 7.82. The number of anilines is 1. The lowest BCUT2D eigenvalue weighted by atomic mass is 9.92. The minimum absolute atomic E-state index is 0.135. The summed E-state index contributed by atoms with van der Waals surface area (Å²) in [6.45, 7) is 12.3. The molecule has 0 spiro atoms. The maximum Gasteiger partial charge on any atom is 0.256 e. The predicted octanol–water partition coefficient (Wildman–Crippen LogP) is 3.80. The fourth-order valence-corrected chi connectivity index (χ4v) is 3.56. The zero-order valence-electron chi connectivity index (χ0n) is 16.9. The molecule has 1 saturated heterocycles. The first-order chi connectivity index (χ1) is 12.4. The Morgan fingerprint density at radius 3 is 2.38 bits per heavy atom. The second kappa shape index (κ2) is 9.38. The van der Waals surface area contributed by atoms with Crippen molar-refractivity contribution in [2.24, 2.45) is 11.8 Å². The molecule has 5 heteroatoms. The van der Waals surface area contributed by atoms with Crippen molar-refractivity contribution in [1.82, 2.24) is 4.90 Å². The van der Waals surface area contributed by atoms with Crippen LogP contribution >= 0.6 is 0 Å². The van der Waals surface area contributed by atoms with E-state index in [1.807, 2.05) is 31.2 Å². The quantitative estimate of drug-likeness (QED) is 0.764. The number of nitrogens with one attached hydrogen (secondary N) is 1. The van der Waals surface area contributed by atoms with Crippen LogP contribution in [-0.2, 0) is 9.53 Å². The van der Waals surface area contributed by atoms with Gasteiger partial charge in [-0.1, -0.05) is 20.8 Å². The van der Waals surface area contributed by atoms with Gasteiger partial charge in [0.15, 0.2) is 0 Å². The van der Waals surface area contributed by atoms with Crippen LogP contribution in [0, 0.1) is 11.8 Å². The number of carbonyl (C=O) groups excluding carboxylic acids is 1. The molecular weight excluding hydrogens is 328 g/mol. The zero-order chi connectivity index (χ0) is 19.2. The second-order valence-electron chi connectivity index (χ2n) is 7.82. The van der Waals surface area contributed by atoms with Crippen molar-refractivity contribution in [3.8, 4) is 5.75 Å². The van der Waals surface area contributed by atoms with Crippen LogP contribution in [0.1, 0.15) is 40.5 Å². The smallest absolute Gasteiger partial charge is 0.256 e. The molecule has 2 rings (SSSR count). The Bertz CT molecular complexity index is 559. The van der Waals surface area contributed by atoms with Crippen LogP contribution in [0.25, 0.3) is 0 Å². The molecule has 1 fully saturated rings. The van der Waals surface area contributed by atoms with Gasteiger partial charge in [-0.2, -0.15) is 0 Å². The molecule has 1 aliphatic rings. The Hall–Kier alpha value is -1.59. The first kappa shape index (κ1) is 20.7. The van der Waals surface area contributed by atoms with Crippen molar-refractivity contribution in [3.05, 3.63) is 24.3 Å². The van der Waals surface area contributed by atoms with Gasteiger partial charge in [0.1, 0.15) is 18.0 Å². The van der Waals surface area contributed by atoms with E-state index in [0.717, 1.165) is 42.9 Å². The summed E-state index contributed by atoms with van der Waals surface area (Å²) in [4.78, 5) is 14.8. The average molecular weight is 363 g/mol. The molecule has 0 aliphatic carbocycles. The highest BCUT2D eigenvalue weighted by molar-refractivity contribution is 5.97. The summed E-state index contributed by atoms with van der Waals surface area (Å²) >= 11 is 0. The summed E-state index contributed by atoms with van der Waals surface area (Å²) in [6, 6.07) is 7.52. The zero-order valence-corrected chi connectivity index (χ0v) is 16.9. The minimum atomic E-state index is -0.808. The van der Waals surface area contributed by atoms with Crippen molar-refractivity contribution in [2.75, 3.05) is 38.7 Å². The predicted molar refractivity (Wildman–Crippen MR) is 106 cm³/mol. The summed E-state index contributed by atoms with van der Waals surface area (Å²) in [5.41, 5.74) is -0.0597. The largest absolute Gasteiger partial charge is 0.492 e. The normalized spacial score (nSPS) is 23.3. The first-order valence-corrected chi connectivity index (χ1v) is 9.68. The van der Waals surface area contributed by atoms with Gasteiger partial charge in [0, 0.05) is 32.4 Å². The Kier molecular flexibility index (Phi) is 7.47. The molecule has 26 heavy (non-hydrogen) atoms. The van der Waals surface area contributed by atoms with Crippen LogP contribution in [0.2, 0.25) is 0 Å². The van der Waals surface area contributed by atoms with Gasteiger partial charge in [-0.05, 0) is 55.9 Å². The Balaban J connectivity index is 1.79. The fraction of sp³-hybridized carbons (Fsp3) is 0.667. The topological polar surface area (TPSA) is 50.8 Å². The Morgan fingerprint density at radius 1 is 1.23 bits per heavy atom. The number of carbonyl (C=O) groups is 1. The third-order valence-electron chi connectivity index (χ3n) is 5.34. The summed E-state index contributed by atoms with van der Waals surface area (Å²) in [7, 11) is 1.56. The molecule has 1 aromatic rings. The molecule has 1 heterocycles. The molecule has 0 saturated carbocycles. The molecule has 146 valence electrons. The van der Waals surface area contributed by atoms with Crippen molar-refractivity contribution < 1.29 is 14.3 Å². The number of amides is 1. The molecule has 0 radical (unpaired) electrons. The highest BCUT2D eigenvalue weighted by Crippen LogP contribution is 2.22. The molecule has 0 aromatic heterocycles.